The molecule has 19 heavy (non-hydrogen) atoms. The van der Waals surface area contributed by atoms with Gasteiger partial charge in [-0.2, -0.15) is 0 Å². The molecule has 0 fully saturated rings. The van der Waals surface area contributed by atoms with Gasteiger partial charge in [-0.25, -0.2) is 0 Å². The highest BCUT2D eigenvalue weighted by atomic mass is 19.4. The van der Waals surface area contributed by atoms with Gasteiger partial charge >= 0.3 is 6.36 Å². The van der Waals surface area contributed by atoms with Gasteiger partial charge in [-0.3, -0.25) is 0 Å². The predicted octanol–water partition coefficient (Wildman–Crippen LogP) is 3.99. The van der Waals surface area contributed by atoms with Gasteiger partial charge in [0.2, 0.25) is 0 Å². The van der Waals surface area contributed by atoms with Crippen LogP contribution < -0.4 is 10.1 Å². The number of rotatable bonds is 6. The molecule has 0 saturated carbocycles. The number of hydrogen-bond donors (Lipinski definition) is 1. The molecule has 1 N–H and O–H groups in total. The number of benzene rings is 1. The van der Waals surface area contributed by atoms with E-state index in [1.165, 1.54) is 18.2 Å². The molecule has 0 aliphatic carbocycles. The van der Waals surface area contributed by atoms with Gasteiger partial charge in [0, 0.05) is 6.04 Å². The van der Waals surface area contributed by atoms with Crippen molar-refractivity contribution in [1.29, 1.82) is 0 Å². The Labute approximate surface area is 111 Å². The summed E-state index contributed by atoms with van der Waals surface area (Å²) in [5, 5.41) is 3.26. The molecule has 0 radical (unpaired) electrons. The van der Waals surface area contributed by atoms with Crippen molar-refractivity contribution in [3.05, 3.63) is 35.9 Å². The molecule has 0 heterocycles. The first-order valence-corrected chi connectivity index (χ1v) is 6.18. The van der Waals surface area contributed by atoms with Crippen LogP contribution in [0.1, 0.15) is 25.8 Å². The summed E-state index contributed by atoms with van der Waals surface area (Å²) in [6, 6.07) is 6.07. The largest absolute Gasteiger partial charge is 0.573 e. The minimum atomic E-state index is -4.65. The van der Waals surface area contributed by atoms with Crippen molar-refractivity contribution in [2.75, 3.05) is 6.54 Å². The van der Waals surface area contributed by atoms with Crippen molar-refractivity contribution in [2.24, 2.45) is 0 Å². The normalized spacial score (nSPS) is 13.7. The number of hydrogen-bond acceptors (Lipinski definition) is 2. The van der Waals surface area contributed by atoms with Crippen LogP contribution in [0.3, 0.4) is 0 Å². The zero-order valence-electron chi connectivity index (χ0n) is 11.0. The van der Waals surface area contributed by atoms with E-state index in [-0.39, 0.29) is 11.8 Å². The van der Waals surface area contributed by atoms with E-state index in [2.05, 4.69) is 17.0 Å². The van der Waals surface area contributed by atoms with E-state index in [9.17, 15) is 13.2 Å². The van der Waals surface area contributed by atoms with Crippen LogP contribution in [0.2, 0.25) is 0 Å². The van der Waals surface area contributed by atoms with Gasteiger partial charge < -0.3 is 10.1 Å². The molecule has 1 atom stereocenters. The van der Waals surface area contributed by atoms with Gasteiger partial charge in [-0.15, -0.1) is 13.2 Å². The average molecular weight is 273 g/mol. The Morgan fingerprint density at radius 1 is 1.37 bits per heavy atom. The topological polar surface area (TPSA) is 21.3 Å². The molecule has 0 spiro atoms. The third-order valence-corrected chi connectivity index (χ3v) is 2.39. The molecule has 1 unspecified atom stereocenters. The Kier molecular flexibility index (Phi) is 5.89. The fourth-order valence-corrected chi connectivity index (χ4v) is 1.51. The van der Waals surface area contributed by atoms with Crippen LogP contribution in [-0.2, 0) is 0 Å². The van der Waals surface area contributed by atoms with Gasteiger partial charge in [-0.05, 0) is 37.6 Å². The molecule has 0 aromatic heterocycles. The predicted molar refractivity (Wildman–Crippen MR) is 69.9 cm³/mol. The third kappa shape index (κ3) is 6.86. The second-order valence-corrected chi connectivity index (χ2v) is 4.22. The Hall–Kier alpha value is -1.49. The number of nitrogens with one attached hydrogen (secondary N) is 1. The Bertz CT molecular complexity index is 415. The molecule has 0 bridgehead atoms. The van der Waals surface area contributed by atoms with Gasteiger partial charge in [0.25, 0.3) is 0 Å². The first-order valence-electron chi connectivity index (χ1n) is 6.18. The van der Waals surface area contributed by atoms with E-state index in [1.54, 1.807) is 12.1 Å². The molecule has 0 amide bonds. The Morgan fingerprint density at radius 2 is 2.11 bits per heavy atom. The fourth-order valence-electron chi connectivity index (χ4n) is 1.51. The maximum Gasteiger partial charge on any atom is 0.573 e. The molecular formula is C14H18F3NO. The minimum absolute atomic E-state index is 0.173. The standard InChI is InChI=1S/C14H18F3NO/c1-3-9-18-11(2)7-8-12-5-4-6-13(10-12)19-14(15,16)17/h4-8,10-11,18H,3,9H2,1-2H3/b8-7+. The van der Waals surface area contributed by atoms with Gasteiger partial charge in [0.1, 0.15) is 5.75 Å². The quantitative estimate of drug-likeness (QED) is 0.846. The summed E-state index contributed by atoms with van der Waals surface area (Å²) in [7, 11) is 0. The third-order valence-electron chi connectivity index (χ3n) is 2.39. The molecule has 0 saturated heterocycles. The molecule has 5 heteroatoms. The summed E-state index contributed by atoms with van der Waals surface area (Å²) in [6.07, 6.45) is 0.0598. The summed E-state index contributed by atoms with van der Waals surface area (Å²) in [6.45, 7) is 4.96. The van der Waals surface area contributed by atoms with Crippen LogP contribution in [0.25, 0.3) is 6.08 Å². The van der Waals surface area contributed by atoms with Crippen molar-refractivity contribution in [2.45, 2.75) is 32.7 Å². The van der Waals surface area contributed by atoms with Crippen LogP contribution in [0, 0.1) is 0 Å². The van der Waals surface area contributed by atoms with Crippen LogP contribution >= 0.6 is 0 Å². The van der Waals surface area contributed by atoms with Crippen molar-refractivity contribution < 1.29 is 17.9 Å². The van der Waals surface area contributed by atoms with Gasteiger partial charge in [0.05, 0.1) is 0 Å². The van der Waals surface area contributed by atoms with Gasteiger partial charge in [-0.1, -0.05) is 31.2 Å². The first-order chi connectivity index (χ1) is 8.90. The summed E-state index contributed by atoms with van der Waals surface area (Å²) in [5.41, 5.74) is 0.673. The highest BCUT2D eigenvalue weighted by Crippen LogP contribution is 2.23. The van der Waals surface area contributed by atoms with E-state index in [1.807, 2.05) is 13.0 Å². The van der Waals surface area contributed by atoms with Crippen LogP contribution in [0.15, 0.2) is 30.3 Å². The van der Waals surface area contributed by atoms with Crippen molar-refractivity contribution in [3.8, 4) is 5.75 Å². The van der Waals surface area contributed by atoms with Crippen LogP contribution in [0.5, 0.6) is 5.75 Å². The average Bonchev–Trinajstić information content (AvgIpc) is 2.32. The molecule has 106 valence electrons. The van der Waals surface area contributed by atoms with E-state index >= 15 is 0 Å². The Balaban J connectivity index is 2.64. The smallest absolute Gasteiger partial charge is 0.406 e. The molecule has 0 aliphatic heterocycles. The maximum absolute atomic E-state index is 12.1. The van der Waals surface area contributed by atoms with Crippen LogP contribution in [-0.4, -0.2) is 18.9 Å². The number of ether oxygens (including phenoxy) is 1. The van der Waals surface area contributed by atoms with Crippen LogP contribution in [0.4, 0.5) is 13.2 Å². The van der Waals surface area contributed by atoms with E-state index < -0.39 is 6.36 Å². The first kappa shape index (κ1) is 15.6. The minimum Gasteiger partial charge on any atom is -0.406 e. The second kappa shape index (κ2) is 7.19. The molecule has 1 rings (SSSR count). The molecular weight excluding hydrogens is 255 g/mol. The zero-order chi connectivity index (χ0) is 14.3. The van der Waals surface area contributed by atoms with Crippen molar-refractivity contribution >= 4 is 6.08 Å². The lowest BCUT2D eigenvalue weighted by atomic mass is 10.1. The summed E-state index contributed by atoms with van der Waals surface area (Å²) >= 11 is 0. The molecule has 2 nitrogen and oxygen atoms in total. The van der Waals surface area contributed by atoms with E-state index in [0.717, 1.165) is 13.0 Å². The summed E-state index contributed by atoms with van der Waals surface area (Å²) < 4.78 is 40.1. The number of halogens is 3. The maximum atomic E-state index is 12.1. The monoisotopic (exact) mass is 273 g/mol. The Morgan fingerprint density at radius 3 is 2.74 bits per heavy atom. The lowest BCUT2D eigenvalue weighted by molar-refractivity contribution is -0.274. The lowest BCUT2D eigenvalue weighted by Gasteiger charge is -2.09. The zero-order valence-corrected chi connectivity index (χ0v) is 11.0. The second-order valence-electron chi connectivity index (χ2n) is 4.22. The summed E-state index contributed by atoms with van der Waals surface area (Å²) in [5.74, 6) is -0.205. The van der Waals surface area contributed by atoms with E-state index in [0.29, 0.717) is 5.56 Å². The van der Waals surface area contributed by atoms with Crippen molar-refractivity contribution in [3.63, 3.8) is 0 Å². The van der Waals surface area contributed by atoms with Crippen molar-refractivity contribution in [1.82, 2.24) is 5.32 Å². The summed E-state index contributed by atoms with van der Waals surface area (Å²) in [4.78, 5) is 0. The fraction of sp³-hybridized carbons (Fsp3) is 0.429. The number of alkyl halides is 3. The molecule has 1 aromatic rings. The molecule has 0 aliphatic rings. The molecule has 1 aromatic carbocycles. The highest BCUT2D eigenvalue weighted by molar-refractivity contribution is 5.52. The lowest BCUT2D eigenvalue weighted by Crippen LogP contribution is -2.24. The highest BCUT2D eigenvalue weighted by Gasteiger charge is 2.30. The SMILES string of the molecule is CCCNC(C)/C=C/c1cccc(OC(F)(F)F)c1. The van der Waals surface area contributed by atoms with Gasteiger partial charge in [0.15, 0.2) is 0 Å². The van der Waals surface area contributed by atoms with E-state index in [4.69, 9.17) is 0 Å².